The number of carbonyl (C=O) groups is 2. The first-order valence-electron chi connectivity index (χ1n) is 10.4. The largest absolute Gasteiger partial charge is 0.416 e. The van der Waals surface area contributed by atoms with E-state index in [4.69, 9.17) is 0 Å². The van der Waals surface area contributed by atoms with Gasteiger partial charge < -0.3 is 16.0 Å². The van der Waals surface area contributed by atoms with Gasteiger partial charge in [0.15, 0.2) is 5.82 Å². The van der Waals surface area contributed by atoms with Gasteiger partial charge in [0.1, 0.15) is 12.4 Å². The monoisotopic (exact) mass is 480 g/mol. The third-order valence-corrected chi connectivity index (χ3v) is 4.95. The maximum atomic E-state index is 12.9. The number of amides is 3. The Bertz CT molecular complexity index is 1310. The van der Waals surface area contributed by atoms with Crippen LogP contribution in [0.4, 0.5) is 29.3 Å². The minimum atomic E-state index is -4.53. The van der Waals surface area contributed by atoms with Crippen LogP contribution in [0.15, 0.2) is 85.2 Å². The van der Waals surface area contributed by atoms with E-state index in [0.717, 1.165) is 17.7 Å². The highest BCUT2D eigenvalue weighted by Gasteiger charge is 2.30. The van der Waals surface area contributed by atoms with Gasteiger partial charge in [0.2, 0.25) is 0 Å². The zero-order valence-corrected chi connectivity index (χ0v) is 18.0. The molecule has 4 aromatic rings. The fourth-order valence-electron chi connectivity index (χ4n) is 3.32. The molecule has 1 unspecified atom stereocenters. The van der Waals surface area contributed by atoms with Crippen LogP contribution in [0.25, 0.3) is 0 Å². The molecule has 0 fully saturated rings. The highest BCUT2D eigenvalue weighted by Crippen LogP contribution is 2.30. The Hall–Kier alpha value is -4.67. The first kappa shape index (κ1) is 23.5. The van der Waals surface area contributed by atoms with Gasteiger partial charge in [0, 0.05) is 16.9 Å². The van der Waals surface area contributed by atoms with Crippen LogP contribution in [0.2, 0.25) is 0 Å². The summed E-state index contributed by atoms with van der Waals surface area (Å²) in [4.78, 5) is 29.4. The number of hydrogen-bond donors (Lipinski definition) is 4. The van der Waals surface area contributed by atoms with Gasteiger partial charge in [-0.1, -0.05) is 42.5 Å². The van der Waals surface area contributed by atoms with Gasteiger partial charge >= 0.3 is 12.2 Å². The van der Waals surface area contributed by atoms with Crippen LogP contribution in [0, 0.1) is 0 Å². The predicted molar refractivity (Wildman–Crippen MR) is 123 cm³/mol. The second-order valence-corrected chi connectivity index (χ2v) is 7.43. The molecule has 0 aliphatic heterocycles. The summed E-state index contributed by atoms with van der Waals surface area (Å²) in [7, 11) is 0. The Balaban J connectivity index is 1.45. The molecule has 0 aliphatic carbocycles. The quantitative estimate of drug-likeness (QED) is 0.312. The average molecular weight is 480 g/mol. The molecule has 3 aromatic carbocycles. The van der Waals surface area contributed by atoms with Gasteiger partial charge in [0.25, 0.3) is 5.91 Å². The van der Waals surface area contributed by atoms with Crippen molar-refractivity contribution in [2.75, 3.05) is 10.6 Å². The molecule has 1 heterocycles. The summed E-state index contributed by atoms with van der Waals surface area (Å²) in [5.74, 6) is -0.197. The van der Waals surface area contributed by atoms with Crippen molar-refractivity contribution >= 4 is 23.3 Å². The average Bonchev–Trinajstić information content (AvgIpc) is 3.38. The Labute approximate surface area is 197 Å². The van der Waals surface area contributed by atoms with Crippen molar-refractivity contribution in [2.24, 2.45) is 0 Å². The van der Waals surface area contributed by atoms with Crippen molar-refractivity contribution in [2.45, 2.75) is 12.2 Å². The number of urea groups is 1. The minimum Gasteiger partial charge on any atom is -0.324 e. The summed E-state index contributed by atoms with van der Waals surface area (Å²) in [6.07, 6.45) is -3.20. The van der Waals surface area contributed by atoms with Crippen LogP contribution in [0.5, 0.6) is 0 Å². The van der Waals surface area contributed by atoms with Gasteiger partial charge in [-0.2, -0.15) is 18.3 Å². The van der Waals surface area contributed by atoms with E-state index >= 15 is 0 Å². The lowest BCUT2D eigenvalue weighted by molar-refractivity contribution is -0.137. The van der Waals surface area contributed by atoms with E-state index in [1.807, 2.05) is 30.3 Å². The molecule has 0 saturated heterocycles. The van der Waals surface area contributed by atoms with Crippen molar-refractivity contribution in [3.8, 4) is 0 Å². The van der Waals surface area contributed by atoms with Crippen LogP contribution in [-0.4, -0.2) is 27.1 Å². The van der Waals surface area contributed by atoms with Crippen LogP contribution in [-0.2, 0) is 6.18 Å². The van der Waals surface area contributed by atoms with Crippen LogP contribution in [0.1, 0.15) is 33.4 Å². The molecule has 11 heteroatoms. The van der Waals surface area contributed by atoms with E-state index < -0.39 is 29.7 Å². The van der Waals surface area contributed by atoms with Gasteiger partial charge in [-0.25, -0.2) is 9.78 Å². The van der Waals surface area contributed by atoms with Crippen LogP contribution < -0.4 is 16.0 Å². The van der Waals surface area contributed by atoms with E-state index in [2.05, 4.69) is 31.1 Å². The number of H-pyrrole nitrogens is 1. The maximum absolute atomic E-state index is 12.9. The summed E-state index contributed by atoms with van der Waals surface area (Å²) in [5.41, 5.74) is 0.355. The summed E-state index contributed by atoms with van der Waals surface area (Å²) >= 11 is 0. The standard InChI is InChI=1S/C24H19F3N6O2/c25-24(26,27)17-9-5-11-19(13-17)30-22(34)16-8-4-10-18(12-16)31-23(35)32-20(21-28-14-29-33-21)15-6-2-1-3-7-15/h1-14,20H,(H,30,34)(H,28,29,33)(H2,31,32,35). The molecule has 3 amide bonds. The number of alkyl halides is 3. The smallest absolute Gasteiger partial charge is 0.324 e. The number of nitrogens with zero attached hydrogens (tertiary/aromatic N) is 2. The molecular formula is C24H19F3N6O2. The SMILES string of the molecule is O=C(Nc1cccc(C(=O)Nc2cccc(C(F)(F)F)c2)c1)NC(c1ccccc1)c1ncn[nH]1. The number of halogens is 3. The Kier molecular flexibility index (Phi) is 6.76. The second-order valence-electron chi connectivity index (χ2n) is 7.43. The van der Waals surface area contributed by atoms with Crippen molar-refractivity contribution < 1.29 is 22.8 Å². The van der Waals surface area contributed by atoms with E-state index in [9.17, 15) is 22.8 Å². The molecule has 178 valence electrons. The summed E-state index contributed by atoms with van der Waals surface area (Å²) in [6.45, 7) is 0. The van der Waals surface area contributed by atoms with Gasteiger partial charge in [-0.3, -0.25) is 9.89 Å². The fraction of sp³-hybridized carbons (Fsp3) is 0.0833. The number of aromatic amines is 1. The molecule has 0 radical (unpaired) electrons. The normalized spacial score (nSPS) is 12.0. The third-order valence-electron chi connectivity index (χ3n) is 4.95. The van der Waals surface area contributed by atoms with E-state index in [1.54, 1.807) is 12.1 Å². The lowest BCUT2D eigenvalue weighted by Crippen LogP contribution is -2.33. The van der Waals surface area contributed by atoms with Crippen LogP contribution >= 0.6 is 0 Å². The van der Waals surface area contributed by atoms with E-state index in [1.165, 1.54) is 30.6 Å². The molecule has 35 heavy (non-hydrogen) atoms. The molecule has 1 atom stereocenters. The van der Waals surface area contributed by atoms with Gasteiger partial charge in [0.05, 0.1) is 5.56 Å². The molecule has 4 rings (SSSR count). The zero-order valence-electron chi connectivity index (χ0n) is 18.0. The number of carbonyl (C=O) groups excluding carboxylic acids is 2. The highest BCUT2D eigenvalue weighted by molar-refractivity contribution is 6.05. The van der Waals surface area contributed by atoms with Crippen molar-refractivity contribution in [3.63, 3.8) is 0 Å². The van der Waals surface area contributed by atoms with Gasteiger partial charge in [-0.15, -0.1) is 0 Å². The molecule has 0 spiro atoms. The first-order valence-corrected chi connectivity index (χ1v) is 10.4. The molecule has 1 aromatic heterocycles. The first-order chi connectivity index (χ1) is 16.8. The van der Waals surface area contributed by atoms with Crippen molar-refractivity contribution in [1.29, 1.82) is 0 Å². The number of aromatic nitrogens is 3. The predicted octanol–water partition coefficient (Wildman–Crippen LogP) is 4.99. The molecule has 4 N–H and O–H groups in total. The Morgan fingerprint density at radius 3 is 2.26 bits per heavy atom. The highest BCUT2D eigenvalue weighted by atomic mass is 19.4. The minimum absolute atomic E-state index is 0.00121. The van der Waals surface area contributed by atoms with E-state index in [0.29, 0.717) is 11.5 Å². The molecular weight excluding hydrogens is 461 g/mol. The number of hydrogen-bond acceptors (Lipinski definition) is 4. The molecule has 8 nitrogen and oxygen atoms in total. The molecule has 0 bridgehead atoms. The van der Waals surface area contributed by atoms with Crippen LogP contribution in [0.3, 0.4) is 0 Å². The van der Waals surface area contributed by atoms with Gasteiger partial charge in [-0.05, 0) is 42.0 Å². The van der Waals surface area contributed by atoms with Crippen molar-refractivity contribution in [3.05, 3.63) is 108 Å². The summed E-state index contributed by atoms with van der Waals surface area (Å²) in [5, 5.41) is 14.5. The topological polar surface area (TPSA) is 112 Å². The third kappa shape index (κ3) is 6.02. The number of nitrogens with one attached hydrogen (secondary N) is 4. The van der Waals surface area contributed by atoms with E-state index in [-0.39, 0.29) is 11.3 Å². The fourth-order valence-corrected chi connectivity index (χ4v) is 3.32. The lowest BCUT2D eigenvalue weighted by Gasteiger charge is -2.17. The summed E-state index contributed by atoms with van der Waals surface area (Å²) < 4.78 is 38.8. The zero-order chi connectivity index (χ0) is 24.8. The lowest BCUT2D eigenvalue weighted by atomic mass is 10.1. The summed E-state index contributed by atoms with van der Waals surface area (Å²) in [6, 6.07) is 18.3. The number of benzene rings is 3. The Morgan fingerprint density at radius 2 is 1.57 bits per heavy atom. The second kappa shape index (κ2) is 10.1. The number of anilines is 2. The Morgan fingerprint density at radius 1 is 0.857 bits per heavy atom. The number of rotatable bonds is 6. The molecule has 0 aliphatic rings. The maximum Gasteiger partial charge on any atom is 0.416 e. The molecule has 0 saturated carbocycles. The van der Waals surface area contributed by atoms with Crippen molar-refractivity contribution in [1.82, 2.24) is 20.5 Å².